The van der Waals surface area contributed by atoms with Gasteiger partial charge in [0.2, 0.25) is 0 Å². The van der Waals surface area contributed by atoms with Gasteiger partial charge in [-0.25, -0.2) is 0 Å². The van der Waals surface area contributed by atoms with Crippen LogP contribution < -0.4 is 14.8 Å². The summed E-state index contributed by atoms with van der Waals surface area (Å²) in [5.41, 5.74) is 1.32. The van der Waals surface area contributed by atoms with Gasteiger partial charge in [-0.2, -0.15) is 0 Å². The monoisotopic (exact) mass is 265 g/mol. The third kappa shape index (κ3) is 3.19. The highest BCUT2D eigenvalue weighted by atomic mass is 16.5. The molecule has 1 aliphatic rings. The summed E-state index contributed by atoms with van der Waals surface area (Å²) in [6, 6.07) is 6.02. The topological polar surface area (TPSA) is 39.7 Å². The van der Waals surface area contributed by atoms with Gasteiger partial charge in [0.15, 0.2) is 0 Å². The Balaban J connectivity index is 2.21. The van der Waals surface area contributed by atoms with E-state index in [9.17, 15) is 0 Å². The summed E-state index contributed by atoms with van der Waals surface area (Å²) in [5, 5.41) is 3.48. The van der Waals surface area contributed by atoms with Crippen molar-refractivity contribution in [2.75, 3.05) is 34.5 Å². The lowest BCUT2D eigenvalue weighted by Gasteiger charge is -2.37. The van der Waals surface area contributed by atoms with Crippen LogP contribution in [0.15, 0.2) is 18.2 Å². The molecule has 0 aliphatic carbocycles. The molecule has 1 fully saturated rings. The van der Waals surface area contributed by atoms with Crippen molar-refractivity contribution in [2.24, 2.45) is 0 Å². The maximum atomic E-state index is 5.48. The van der Waals surface area contributed by atoms with Crippen molar-refractivity contribution in [1.29, 1.82) is 0 Å². The molecule has 106 valence electrons. The van der Waals surface area contributed by atoms with E-state index in [-0.39, 0.29) is 5.54 Å². The van der Waals surface area contributed by atoms with Crippen LogP contribution >= 0.6 is 0 Å². The normalized spacial score (nSPS) is 18.1. The minimum Gasteiger partial charge on any atom is -0.497 e. The summed E-state index contributed by atoms with van der Waals surface area (Å²) >= 11 is 0. The number of likely N-dealkylation sites (N-methyl/N-ethyl adjacent to an activating group) is 1. The maximum Gasteiger partial charge on any atom is 0.125 e. The van der Waals surface area contributed by atoms with Gasteiger partial charge < -0.3 is 19.5 Å². The zero-order valence-electron chi connectivity index (χ0n) is 12.0. The van der Waals surface area contributed by atoms with Crippen LogP contribution in [0.5, 0.6) is 11.5 Å². The zero-order chi connectivity index (χ0) is 13.7. The first-order chi connectivity index (χ1) is 9.23. The van der Waals surface area contributed by atoms with Crippen molar-refractivity contribution in [2.45, 2.75) is 24.8 Å². The largest absolute Gasteiger partial charge is 0.497 e. The van der Waals surface area contributed by atoms with E-state index in [2.05, 4.69) is 11.4 Å². The fourth-order valence-electron chi connectivity index (χ4n) is 2.64. The van der Waals surface area contributed by atoms with Crippen molar-refractivity contribution < 1.29 is 14.2 Å². The molecule has 0 amide bonds. The molecule has 0 aromatic heterocycles. The van der Waals surface area contributed by atoms with E-state index in [1.807, 2.05) is 19.2 Å². The number of ether oxygens (including phenoxy) is 3. The molecule has 4 nitrogen and oxygen atoms in total. The van der Waals surface area contributed by atoms with Crippen LogP contribution in [0.2, 0.25) is 0 Å². The van der Waals surface area contributed by atoms with Crippen molar-refractivity contribution in [3.05, 3.63) is 23.8 Å². The molecule has 1 aliphatic heterocycles. The quantitative estimate of drug-likeness (QED) is 0.884. The van der Waals surface area contributed by atoms with E-state index in [1.165, 1.54) is 5.56 Å². The first-order valence-electron chi connectivity index (χ1n) is 6.70. The first kappa shape index (κ1) is 14.2. The molecule has 19 heavy (non-hydrogen) atoms. The van der Waals surface area contributed by atoms with Crippen LogP contribution in [0, 0.1) is 0 Å². The highest BCUT2D eigenvalue weighted by Gasteiger charge is 2.31. The van der Waals surface area contributed by atoms with Crippen LogP contribution in [-0.2, 0) is 11.2 Å². The minimum absolute atomic E-state index is 0.111. The second-order valence-corrected chi connectivity index (χ2v) is 5.00. The van der Waals surface area contributed by atoms with Crippen LogP contribution in [0.4, 0.5) is 0 Å². The Morgan fingerprint density at radius 3 is 2.53 bits per heavy atom. The minimum atomic E-state index is 0.111. The van der Waals surface area contributed by atoms with E-state index in [1.54, 1.807) is 14.2 Å². The maximum absolute atomic E-state index is 5.48. The summed E-state index contributed by atoms with van der Waals surface area (Å²) in [7, 11) is 5.40. The standard InChI is InChI=1S/C15H23NO3/c1-16-15(6-8-19-9-7-15)11-12-4-5-13(17-2)10-14(12)18-3/h4-5,10,16H,6-9,11H2,1-3H3. The lowest BCUT2D eigenvalue weighted by Crippen LogP contribution is -2.49. The third-order valence-corrected chi connectivity index (χ3v) is 4.00. The molecule has 0 saturated carbocycles. The summed E-state index contributed by atoms with van der Waals surface area (Å²) in [5.74, 6) is 1.71. The molecular weight excluding hydrogens is 242 g/mol. The van der Waals surface area contributed by atoms with E-state index in [4.69, 9.17) is 14.2 Å². The van der Waals surface area contributed by atoms with Crippen molar-refractivity contribution in [3.8, 4) is 11.5 Å². The Hall–Kier alpha value is -1.26. The molecule has 2 rings (SSSR count). The van der Waals surface area contributed by atoms with Gasteiger partial charge in [-0.05, 0) is 37.9 Å². The van der Waals surface area contributed by atoms with E-state index < -0.39 is 0 Å². The van der Waals surface area contributed by atoms with Crippen LogP contribution in [0.1, 0.15) is 18.4 Å². The average molecular weight is 265 g/mol. The summed E-state index contributed by atoms with van der Waals surface area (Å²) in [6.07, 6.45) is 3.00. The van der Waals surface area contributed by atoms with Crippen LogP contribution in [0.25, 0.3) is 0 Å². The third-order valence-electron chi connectivity index (χ3n) is 4.00. The number of hydrogen-bond acceptors (Lipinski definition) is 4. The van der Waals surface area contributed by atoms with E-state index in [0.29, 0.717) is 0 Å². The van der Waals surface area contributed by atoms with Crippen molar-refractivity contribution in [1.82, 2.24) is 5.32 Å². The van der Waals surface area contributed by atoms with Gasteiger partial charge in [-0.15, -0.1) is 0 Å². The fraction of sp³-hybridized carbons (Fsp3) is 0.600. The molecule has 0 spiro atoms. The Kier molecular flexibility index (Phi) is 4.66. The van der Waals surface area contributed by atoms with Gasteiger partial charge in [-0.3, -0.25) is 0 Å². The summed E-state index contributed by atoms with van der Waals surface area (Å²) in [4.78, 5) is 0. The predicted molar refractivity (Wildman–Crippen MR) is 75.1 cm³/mol. The number of hydrogen-bond donors (Lipinski definition) is 1. The Morgan fingerprint density at radius 2 is 1.95 bits per heavy atom. The number of benzene rings is 1. The number of methoxy groups -OCH3 is 2. The average Bonchev–Trinajstić information content (AvgIpc) is 2.48. The van der Waals surface area contributed by atoms with Gasteiger partial charge >= 0.3 is 0 Å². The van der Waals surface area contributed by atoms with Crippen LogP contribution in [-0.4, -0.2) is 40.0 Å². The van der Waals surface area contributed by atoms with Gasteiger partial charge in [0.1, 0.15) is 11.5 Å². The SMILES string of the molecule is CNC1(Cc2ccc(OC)cc2OC)CCOCC1. The Morgan fingerprint density at radius 1 is 1.21 bits per heavy atom. The lowest BCUT2D eigenvalue weighted by molar-refractivity contribution is 0.0411. The van der Waals surface area contributed by atoms with Gasteiger partial charge in [0.25, 0.3) is 0 Å². The number of nitrogens with one attached hydrogen (secondary N) is 1. The summed E-state index contributed by atoms with van der Waals surface area (Å²) in [6.45, 7) is 1.64. The Bertz CT molecular complexity index is 414. The fourth-order valence-corrected chi connectivity index (χ4v) is 2.64. The summed E-state index contributed by atoms with van der Waals surface area (Å²) < 4.78 is 16.2. The van der Waals surface area contributed by atoms with Gasteiger partial charge in [0, 0.05) is 24.8 Å². The number of rotatable bonds is 5. The molecule has 0 atom stereocenters. The van der Waals surface area contributed by atoms with Gasteiger partial charge in [-0.1, -0.05) is 6.07 Å². The molecule has 1 heterocycles. The van der Waals surface area contributed by atoms with E-state index in [0.717, 1.165) is 44.0 Å². The van der Waals surface area contributed by atoms with Crippen molar-refractivity contribution in [3.63, 3.8) is 0 Å². The Labute approximate surface area is 115 Å². The molecule has 1 saturated heterocycles. The highest BCUT2D eigenvalue weighted by molar-refractivity contribution is 5.41. The molecular formula is C15H23NO3. The highest BCUT2D eigenvalue weighted by Crippen LogP contribution is 2.31. The second-order valence-electron chi connectivity index (χ2n) is 5.00. The first-order valence-corrected chi connectivity index (χ1v) is 6.70. The zero-order valence-corrected chi connectivity index (χ0v) is 12.0. The predicted octanol–water partition coefficient (Wildman–Crippen LogP) is 2.01. The smallest absolute Gasteiger partial charge is 0.125 e. The molecule has 4 heteroatoms. The lowest BCUT2D eigenvalue weighted by atomic mass is 9.83. The molecule has 1 aromatic carbocycles. The van der Waals surface area contributed by atoms with Gasteiger partial charge in [0.05, 0.1) is 14.2 Å². The second kappa shape index (κ2) is 6.26. The molecule has 0 unspecified atom stereocenters. The molecule has 1 N–H and O–H groups in total. The van der Waals surface area contributed by atoms with E-state index >= 15 is 0 Å². The molecule has 0 radical (unpaired) electrons. The molecule has 1 aromatic rings. The molecule has 0 bridgehead atoms. The van der Waals surface area contributed by atoms with Crippen molar-refractivity contribution >= 4 is 0 Å². The van der Waals surface area contributed by atoms with Crippen LogP contribution in [0.3, 0.4) is 0 Å².